The molecule has 2 nitrogen and oxygen atoms in total. The van der Waals surface area contributed by atoms with E-state index in [9.17, 15) is 0 Å². The first kappa shape index (κ1) is 17.0. The van der Waals surface area contributed by atoms with Crippen molar-refractivity contribution in [3.63, 3.8) is 0 Å². The lowest BCUT2D eigenvalue weighted by atomic mass is 9.55. The van der Waals surface area contributed by atoms with Crippen LogP contribution in [0.5, 0.6) is 0 Å². The zero-order valence-electron chi connectivity index (χ0n) is 13.0. The van der Waals surface area contributed by atoms with Gasteiger partial charge >= 0.3 is 6.92 Å². The van der Waals surface area contributed by atoms with Crippen LogP contribution in [-0.4, -0.2) is 18.5 Å². The Morgan fingerprint density at radius 3 is 2.04 bits per heavy atom. The van der Waals surface area contributed by atoms with Crippen LogP contribution in [-0.2, 0) is 11.1 Å². The van der Waals surface area contributed by atoms with E-state index in [4.69, 9.17) is 27.9 Å². The van der Waals surface area contributed by atoms with Crippen LogP contribution in [0.25, 0.3) is 0 Å². The van der Waals surface area contributed by atoms with Gasteiger partial charge in [0.05, 0.1) is 0 Å². The first-order valence-corrected chi connectivity index (χ1v) is 8.50. The molecule has 0 saturated carbocycles. The third-order valence-corrected chi connectivity index (χ3v) is 4.14. The number of benzene rings is 2. The van der Waals surface area contributed by atoms with Gasteiger partial charge in [-0.1, -0.05) is 53.5 Å². The minimum Gasteiger partial charge on any atom is -0.426 e. The molecule has 0 amide bonds. The minimum absolute atomic E-state index is 0.217. The molecule has 0 N–H and O–H groups in total. The first-order chi connectivity index (χ1) is 11.7. The monoisotopic (exact) mass is 355 g/mol. The maximum atomic E-state index is 6.17. The van der Waals surface area contributed by atoms with E-state index in [-0.39, 0.29) is 6.92 Å². The van der Waals surface area contributed by atoms with Gasteiger partial charge in [0.15, 0.2) is 0 Å². The molecule has 0 spiro atoms. The highest BCUT2D eigenvalue weighted by molar-refractivity contribution is 6.80. The number of pyridine rings is 1. The zero-order chi connectivity index (χ0) is 16.8. The fraction of sp³-hybridized carbons (Fsp3) is 0.105. The first-order valence-electron chi connectivity index (χ1n) is 7.75. The molecule has 1 heterocycles. The molecular formula is C19H16BCl2NO. The van der Waals surface area contributed by atoms with E-state index in [1.807, 2.05) is 66.7 Å². The molecule has 0 atom stereocenters. The number of rotatable bonds is 6. The van der Waals surface area contributed by atoms with Crippen LogP contribution in [0.2, 0.25) is 10.0 Å². The largest absolute Gasteiger partial charge is 0.426 e. The van der Waals surface area contributed by atoms with Crippen molar-refractivity contribution in [2.45, 2.75) is 6.42 Å². The predicted octanol–water partition coefficient (Wildman–Crippen LogP) is 3.75. The lowest BCUT2D eigenvalue weighted by Crippen LogP contribution is -2.45. The summed E-state index contributed by atoms with van der Waals surface area (Å²) in [5.41, 5.74) is 3.02. The third-order valence-electron chi connectivity index (χ3n) is 3.67. The maximum Gasteiger partial charge on any atom is 0.361 e. The summed E-state index contributed by atoms with van der Waals surface area (Å²) in [6.07, 6.45) is 2.54. The normalized spacial score (nSPS) is 10.6. The van der Waals surface area contributed by atoms with E-state index in [0.29, 0.717) is 16.7 Å². The van der Waals surface area contributed by atoms with E-state index < -0.39 is 0 Å². The summed E-state index contributed by atoms with van der Waals surface area (Å²) < 4.78 is 6.17. The molecule has 2 aromatic carbocycles. The average Bonchev–Trinajstić information content (AvgIpc) is 2.59. The molecule has 3 rings (SSSR count). The van der Waals surface area contributed by atoms with Crippen LogP contribution in [0, 0.1) is 0 Å². The molecule has 3 aromatic rings. The van der Waals surface area contributed by atoms with E-state index in [1.54, 1.807) is 6.20 Å². The van der Waals surface area contributed by atoms with E-state index >= 15 is 0 Å². The van der Waals surface area contributed by atoms with Gasteiger partial charge in [0.2, 0.25) is 0 Å². The highest BCUT2D eigenvalue weighted by Gasteiger charge is 2.22. The number of hydrogen-bond donors (Lipinski definition) is 0. The number of aromatic nitrogens is 1. The number of nitrogens with zero attached hydrogens (tertiary/aromatic N) is 1. The molecule has 0 saturated heterocycles. The van der Waals surface area contributed by atoms with Crippen LogP contribution in [0.1, 0.15) is 5.69 Å². The van der Waals surface area contributed by atoms with Crippen molar-refractivity contribution in [2.75, 3.05) is 6.61 Å². The summed E-state index contributed by atoms with van der Waals surface area (Å²) in [6.45, 7) is 0.340. The molecule has 0 unspecified atom stereocenters. The zero-order valence-corrected chi connectivity index (χ0v) is 14.5. The molecule has 0 radical (unpaired) electrons. The molecule has 1 aromatic heterocycles. The van der Waals surface area contributed by atoms with Gasteiger partial charge in [-0.2, -0.15) is 0 Å². The Hall–Kier alpha value is -1.81. The average molecular weight is 356 g/mol. The van der Waals surface area contributed by atoms with E-state index in [0.717, 1.165) is 23.0 Å². The second kappa shape index (κ2) is 8.34. The number of hydrogen-bond acceptors (Lipinski definition) is 2. The predicted molar refractivity (Wildman–Crippen MR) is 102 cm³/mol. The minimum atomic E-state index is -0.217. The molecule has 0 aliphatic carbocycles. The number of halogens is 2. The van der Waals surface area contributed by atoms with Crippen LogP contribution in [0.4, 0.5) is 0 Å². The second-order valence-corrected chi connectivity index (χ2v) is 6.30. The Kier molecular flexibility index (Phi) is 5.92. The van der Waals surface area contributed by atoms with Crippen LogP contribution in [0.15, 0.2) is 72.9 Å². The summed E-state index contributed by atoms with van der Waals surface area (Å²) in [4.78, 5) is 4.33. The molecule has 5 heteroatoms. The van der Waals surface area contributed by atoms with E-state index in [1.165, 1.54) is 0 Å². The third kappa shape index (κ3) is 4.61. The molecule has 24 heavy (non-hydrogen) atoms. The summed E-state index contributed by atoms with van der Waals surface area (Å²) in [7, 11) is 0. The van der Waals surface area contributed by atoms with Crippen molar-refractivity contribution in [1.29, 1.82) is 0 Å². The maximum absolute atomic E-state index is 6.17. The summed E-state index contributed by atoms with van der Waals surface area (Å²) in [5.74, 6) is 0. The van der Waals surface area contributed by atoms with Gasteiger partial charge in [-0.3, -0.25) is 4.98 Å². The Morgan fingerprint density at radius 2 is 1.50 bits per heavy atom. The standard InChI is InChI=1S/C19H16BCl2NO/c21-17-7-3-5-15(13-17)20(16-6-4-8-18(22)14-16)24-12-10-19-9-1-2-11-23-19/h1-9,11,13-14H,10,12H2. The molecule has 0 fully saturated rings. The van der Waals surface area contributed by atoms with Crippen LogP contribution in [0.3, 0.4) is 0 Å². The quantitative estimate of drug-likeness (QED) is 0.628. The van der Waals surface area contributed by atoms with Gasteiger partial charge in [0, 0.05) is 35.0 Å². The van der Waals surface area contributed by atoms with Crippen molar-refractivity contribution in [1.82, 2.24) is 4.98 Å². The Morgan fingerprint density at radius 1 is 0.833 bits per heavy atom. The second-order valence-electron chi connectivity index (χ2n) is 5.43. The van der Waals surface area contributed by atoms with Gasteiger partial charge in [0.1, 0.15) is 0 Å². The lowest BCUT2D eigenvalue weighted by molar-refractivity contribution is 0.336. The summed E-state index contributed by atoms with van der Waals surface area (Å²) in [6, 6.07) is 21.3. The lowest BCUT2D eigenvalue weighted by Gasteiger charge is -2.16. The van der Waals surface area contributed by atoms with Gasteiger partial charge in [-0.15, -0.1) is 0 Å². The van der Waals surface area contributed by atoms with Crippen LogP contribution < -0.4 is 10.9 Å². The topological polar surface area (TPSA) is 22.1 Å². The van der Waals surface area contributed by atoms with Crippen molar-refractivity contribution in [3.8, 4) is 0 Å². The highest BCUT2D eigenvalue weighted by atomic mass is 35.5. The fourth-order valence-corrected chi connectivity index (χ4v) is 2.95. The summed E-state index contributed by atoms with van der Waals surface area (Å²) in [5, 5.41) is 1.38. The molecule has 0 aliphatic rings. The molecule has 0 aliphatic heterocycles. The SMILES string of the molecule is Clc1cccc(B(OCCc2ccccn2)c2cccc(Cl)c2)c1. The highest BCUT2D eigenvalue weighted by Crippen LogP contribution is 2.08. The van der Waals surface area contributed by atoms with Crippen LogP contribution >= 0.6 is 23.2 Å². The van der Waals surface area contributed by atoms with Gasteiger partial charge in [0.25, 0.3) is 0 Å². The Bertz CT molecular complexity index is 753. The summed E-state index contributed by atoms with van der Waals surface area (Å²) >= 11 is 12.3. The molecule has 120 valence electrons. The van der Waals surface area contributed by atoms with Gasteiger partial charge in [-0.25, -0.2) is 0 Å². The van der Waals surface area contributed by atoms with Crippen molar-refractivity contribution < 1.29 is 4.65 Å². The van der Waals surface area contributed by atoms with Crippen molar-refractivity contribution >= 4 is 41.0 Å². The molecule has 0 bridgehead atoms. The van der Waals surface area contributed by atoms with Crippen molar-refractivity contribution in [3.05, 3.63) is 88.7 Å². The molecular weight excluding hydrogens is 340 g/mol. The Labute approximate surface area is 152 Å². The van der Waals surface area contributed by atoms with E-state index in [2.05, 4.69) is 4.98 Å². The fourth-order valence-electron chi connectivity index (χ4n) is 2.55. The Balaban J connectivity index is 1.79. The van der Waals surface area contributed by atoms with Gasteiger partial charge < -0.3 is 4.65 Å². The van der Waals surface area contributed by atoms with Crippen molar-refractivity contribution in [2.24, 2.45) is 0 Å². The smallest absolute Gasteiger partial charge is 0.361 e. The van der Waals surface area contributed by atoms with Gasteiger partial charge in [-0.05, 0) is 47.3 Å².